The van der Waals surface area contributed by atoms with Crippen LogP contribution in [0.3, 0.4) is 0 Å². The van der Waals surface area contributed by atoms with Gasteiger partial charge in [0.1, 0.15) is 5.82 Å². The quantitative estimate of drug-likeness (QED) is 0.565. The van der Waals surface area contributed by atoms with Gasteiger partial charge in [0.15, 0.2) is 5.69 Å². The summed E-state index contributed by atoms with van der Waals surface area (Å²) in [6.45, 7) is 3.40. The number of carbonyl (C=O) groups is 2. The molecule has 9 heteroatoms. The Bertz CT molecular complexity index is 1470. The number of nitrogens with zero attached hydrogens (tertiary/aromatic N) is 4. The lowest BCUT2D eigenvalue weighted by atomic mass is 9.89. The van der Waals surface area contributed by atoms with E-state index in [-0.39, 0.29) is 18.1 Å². The van der Waals surface area contributed by atoms with Crippen LogP contribution in [0.25, 0.3) is 16.6 Å². The molecule has 0 spiro atoms. The number of aromatic nitrogens is 2. The summed E-state index contributed by atoms with van der Waals surface area (Å²) >= 11 is 0. The van der Waals surface area contributed by atoms with Crippen LogP contribution in [0.2, 0.25) is 0 Å². The van der Waals surface area contributed by atoms with Crippen LogP contribution < -0.4 is 5.32 Å². The number of allylic oxidation sites excluding steroid dienone is 3. The molecule has 1 atom stereocenters. The van der Waals surface area contributed by atoms with Gasteiger partial charge >= 0.3 is 0 Å². The molecule has 0 bridgehead atoms. The van der Waals surface area contributed by atoms with E-state index in [0.29, 0.717) is 22.3 Å². The van der Waals surface area contributed by atoms with Gasteiger partial charge in [-0.3, -0.25) is 14.3 Å². The number of amides is 2. The van der Waals surface area contributed by atoms with E-state index in [1.807, 2.05) is 18.2 Å². The van der Waals surface area contributed by atoms with Crippen molar-refractivity contribution < 1.29 is 19.1 Å². The molecule has 0 saturated carbocycles. The van der Waals surface area contributed by atoms with E-state index in [1.165, 1.54) is 22.9 Å². The Morgan fingerprint density at radius 2 is 1.91 bits per heavy atom. The molecule has 1 aliphatic carbocycles. The summed E-state index contributed by atoms with van der Waals surface area (Å²) in [5, 5.41) is 25.6. The fraction of sp³-hybridized carbons (Fsp3) is 0.192. The third-order valence-corrected chi connectivity index (χ3v) is 5.69. The largest absolute Gasteiger partial charge is 0.389 e. The minimum absolute atomic E-state index is 0.0549. The SMILES string of the molecule is CC(C)(O)Cn1nc(C(=O)Nc2ccc(C3=C4C=CC=CC4C(=O)N=N3)cc2)c2cc(F)ccc21. The van der Waals surface area contributed by atoms with Crippen molar-refractivity contribution in [2.75, 3.05) is 5.32 Å². The van der Waals surface area contributed by atoms with E-state index >= 15 is 0 Å². The van der Waals surface area contributed by atoms with Gasteiger partial charge in [0.25, 0.3) is 11.8 Å². The van der Waals surface area contributed by atoms with Crippen molar-refractivity contribution in [3.8, 4) is 0 Å². The number of anilines is 1. The maximum absolute atomic E-state index is 13.9. The highest BCUT2D eigenvalue weighted by atomic mass is 19.1. The van der Waals surface area contributed by atoms with Crippen molar-refractivity contribution in [3.05, 3.63) is 89.4 Å². The fourth-order valence-electron chi connectivity index (χ4n) is 4.13. The minimum atomic E-state index is -1.07. The van der Waals surface area contributed by atoms with Crippen molar-refractivity contribution in [1.82, 2.24) is 9.78 Å². The summed E-state index contributed by atoms with van der Waals surface area (Å²) in [6.07, 6.45) is 7.29. The zero-order chi connectivity index (χ0) is 24.7. The van der Waals surface area contributed by atoms with Crippen molar-refractivity contribution in [2.24, 2.45) is 16.1 Å². The lowest BCUT2D eigenvalue weighted by Crippen LogP contribution is -2.27. The number of fused-ring (bicyclic) bond motifs is 2. The highest BCUT2D eigenvalue weighted by molar-refractivity contribution is 6.11. The van der Waals surface area contributed by atoms with Gasteiger partial charge < -0.3 is 10.4 Å². The van der Waals surface area contributed by atoms with E-state index in [1.54, 1.807) is 44.2 Å². The van der Waals surface area contributed by atoms with Gasteiger partial charge in [-0.15, -0.1) is 10.2 Å². The topological polar surface area (TPSA) is 109 Å². The van der Waals surface area contributed by atoms with E-state index in [0.717, 1.165) is 11.1 Å². The molecule has 0 fully saturated rings. The Kier molecular flexibility index (Phi) is 5.49. The molecular formula is C26H22FN5O3. The summed E-state index contributed by atoms with van der Waals surface area (Å²) in [6, 6.07) is 11.1. The third-order valence-electron chi connectivity index (χ3n) is 5.69. The first-order chi connectivity index (χ1) is 16.7. The molecule has 2 heterocycles. The van der Waals surface area contributed by atoms with Crippen LogP contribution in [0.1, 0.15) is 29.9 Å². The summed E-state index contributed by atoms with van der Waals surface area (Å²) < 4.78 is 15.4. The molecule has 2 aromatic carbocycles. The second-order valence-corrected chi connectivity index (χ2v) is 9.08. The number of hydrogen-bond acceptors (Lipinski definition) is 5. The zero-order valence-corrected chi connectivity index (χ0v) is 19.1. The highest BCUT2D eigenvalue weighted by Gasteiger charge is 2.28. The van der Waals surface area contributed by atoms with Gasteiger partial charge in [-0.1, -0.05) is 36.4 Å². The molecule has 2 N–H and O–H groups in total. The van der Waals surface area contributed by atoms with Crippen LogP contribution >= 0.6 is 0 Å². The first kappa shape index (κ1) is 22.5. The Morgan fingerprint density at radius 1 is 1.14 bits per heavy atom. The number of rotatable bonds is 5. The van der Waals surface area contributed by atoms with Crippen molar-refractivity contribution in [2.45, 2.75) is 26.0 Å². The molecule has 2 amide bonds. The van der Waals surface area contributed by atoms with Crippen molar-refractivity contribution in [3.63, 3.8) is 0 Å². The number of hydrogen-bond donors (Lipinski definition) is 2. The molecule has 1 aliphatic heterocycles. The minimum Gasteiger partial charge on any atom is -0.389 e. The van der Waals surface area contributed by atoms with Gasteiger partial charge in [-0.2, -0.15) is 5.10 Å². The lowest BCUT2D eigenvalue weighted by Gasteiger charge is -2.19. The van der Waals surface area contributed by atoms with Crippen molar-refractivity contribution >= 4 is 34.1 Å². The Hall–Kier alpha value is -4.24. The predicted octanol–water partition coefficient (Wildman–Crippen LogP) is 4.64. The smallest absolute Gasteiger partial charge is 0.276 e. The molecule has 176 valence electrons. The van der Waals surface area contributed by atoms with Crippen LogP contribution in [0, 0.1) is 11.7 Å². The molecular weight excluding hydrogens is 449 g/mol. The van der Waals surface area contributed by atoms with Crippen LogP contribution in [0.5, 0.6) is 0 Å². The predicted molar refractivity (Wildman–Crippen MR) is 129 cm³/mol. The van der Waals surface area contributed by atoms with E-state index in [9.17, 15) is 19.1 Å². The highest BCUT2D eigenvalue weighted by Crippen LogP contribution is 2.34. The number of halogens is 1. The van der Waals surface area contributed by atoms with E-state index < -0.39 is 23.2 Å². The van der Waals surface area contributed by atoms with Crippen molar-refractivity contribution in [1.29, 1.82) is 0 Å². The molecule has 1 aromatic heterocycles. The molecule has 0 radical (unpaired) electrons. The lowest BCUT2D eigenvalue weighted by molar-refractivity contribution is -0.119. The molecule has 2 aliphatic rings. The summed E-state index contributed by atoms with van der Waals surface area (Å²) in [7, 11) is 0. The summed E-state index contributed by atoms with van der Waals surface area (Å²) in [5.74, 6) is -1.74. The van der Waals surface area contributed by atoms with Crippen LogP contribution in [-0.4, -0.2) is 32.3 Å². The number of nitrogens with one attached hydrogen (secondary N) is 1. The molecule has 5 rings (SSSR count). The van der Waals surface area contributed by atoms with E-state index in [2.05, 4.69) is 20.6 Å². The Labute approximate surface area is 200 Å². The first-order valence-corrected chi connectivity index (χ1v) is 11.0. The van der Waals surface area contributed by atoms with Gasteiger partial charge in [0.05, 0.1) is 29.3 Å². The second-order valence-electron chi connectivity index (χ2n) is 9.08. The maximum Gasteiger partial charge on any atom is 0.276 e. The van der Waals surface area contributed by atoms with Crippen LogP contribution in [0.15, 0.2) is 82.6 Å². The number of aliphatic hydroxyl groups is 1. The normalized spacial score (nSPS) is 17.3. The van der Waals surface area contributed by atoms with Gasteiger partial charge in [-0.05, 0) is 49.8 Å². The second kappa shape index (κ2) is 8.52. The van der Waals surface area contributed by atoms with Gasteiger partial charge in [-0.25, -0.2) is 4.39 Å². The molecule has 1 unspecified atom stereocenters. The Balaban J connectivity index is 1.42. The third kappa shape index (κ3) is 4.45. The number of carbonyl (C=O) groups excluding carboxylic acids is 2. The summed E-state index contributed by atoms with van der Waals surface area (Å²) in [5.41, 5.74) is 2.15. The summed E-state index contributed by atoms with van der Waals surface area (Å²) in [4.78, 5) is 25.1. The average molecular weight is 471 g/mol. The molecule has 8 nitrogen and oxygen atoms in total. The van der Waals surface area contributed by atoms with Crippen LogP contribution in [0.4, 0.5) is 10.1 Å². The number of benzene rings is 2. The molecule has 0 saturated heterocycles. The molecule has 3 aromatic rings. The average Bonchev–Trinajstić information content (AvgIpc) is 3.16. The monoisotopic (exact) mass is 471 g/mol. The molecule has 35 heavy (non-hydrogen) atoms. The first-order valence-electron chi connectivity index (χ1n) is 11.0. The standard InChI is InChI=1S/C26H22FN5O3/c1-26(2,35)14-32-21-12-9-16(27)13-20(21)23(31-32)25(34)28-17-10-7-15(8-11-17)22-18-5-3-4-6-19(18)24(33)30-29-22/h3-13,19,35H,14H2,1-2H3,(H,28,34). The van der Waals surface area contributed by atoms with Gasteiger partial charge in [0, 0.05) is 16.6 Å². The fourth-order valence-corrected chi connectivity index (χ4v) is 4.13. The number of azo groups is 1. The van der Waals surface area contributed by atoms with Gasteiger partial charge in [0.2, 0.25) is 0 Å². The van der Waals surface area contributed by atoms with E-state index in [4.69, 9.17) is 0 Å². The zero-order valence-electron chi connectivity index (χ0n) is 19.1. The van der Waals surface area contributed by atoms with Crippen LogP contribution in [-0.2, 0) is 11.3 Å². The Morgan fingerprint density at radius 3 is 2.66 bits per heavy atom. The maximum atomic E-state index is 13.9.